The molecule has 2 atom stereocenters. The zero-order valence-corrected chi connectivity index (χ0v) is 34.4. The van der Waals surface area contributed by atoms with Crippen LogP contribution in [0.2, 0.25) is 0 Å². The van der Waals surface area contributed by atoms with Gasteiger partial charge < -0.3 is 10.0 Å². The van der Waals surface area contributed by atoms with Gasteiger partial charge in [0.25, 0.3) is 0 Å². The van der Waals surface area contributed by atoms with Gasteiger partial charge in [0.05, 0.1) is 16.9 Å². The molecule has 1 fully saturated rings. The Hall–Kier alpha value is -5.86. The second kappa shape index (κ2) is 19.3. The van der Waals surface area contributed by atoms with E-state index in [1.807, 2.05) is 12.2 Å². The van der Waals surface area contributed by atoms with Crippen molar-refractivity contribution in [2.75, 3.05) is 0 Å². The van der Waals surface area contributed by atoms with Gasteiger partial charge in [-0.05, 0) is 111 Å². The third-order valence-corrected chi connectivity index (χ3v) is 11.5. The summed E-state index contributed by atoms with van der Waals surface area (Å²) in [5, 5.41) is 12.0. The average molecular weight is 750 g/mol. The summed E-state index contributed by atoms with van der Waals surface area (Å²) < 4.78 is 0. The minimum Gasteiger partial charge on any atom is -0.512 e. The first-order chi connectivity index (χ1) is 27.8. The fraction of sp³-hybridized carbons (Fsp3) is 0.236. The number of hydrogen-bond donors (Lipinski definition) is 1. The molecule has 1 N–H and O–H groups in total. The van der Waals surface area contributed by atoms with Gasteiger partial charge in [-0.2, -0.15) is 0 Å². The van der Waals surface area contributed by atoms with Gasteiger partial charge in [0.1, 0.15) is 0 Å². The van der Waals surface area contributed by atoms with Gasteiger partial charge in [-0.1, -0.05) is 177 Å². The summed E-state index contributed by atoms with van der Waals surface area (Å²) in [5.74, 6) is 0.402. The molecule has 2 aromatic carbocycles. The molecule has 4 aliphatic rings. The van der Waals surface area contributed by atoms with Crippen molar-refractivity contribution in [1.29, 1.82) is 0 Å². The maximum Gasteiger partial charge on any atom is 0.0970 e. The second-order valence-corrected chi connectivity index (χ2v) is 15.3. The Morgan fingerprint density at radius 2 is 1.67 bits per heavy atom. The lowest BCUT2D eigenvalue weighted by molar-refractivity contribution is 0.356. The maximum atomic E-state index is 12.0. The van der Waals surface area contributed by atoms with Crippen LogP contribution in [0.3, 0.4) is 0 Å². The van der Waals surface area contributed by atoms with Crippen molar-refractivity contribution in [2.45, 2.75) is 78.1 Å². The summed E-state index contributed by atoms with van der Waals surface area (Å²) in [6.45, 7) is 17.3. The highest BCUT2D eigenvalue weighted by molar-refractivity contribution is 5.83. The lowest BCUT2D eigenvalue weighted by Gasteiger charge is -2.45. The van der Waals surface area contributed by atoms with Crippen LogP contribution in [0.25, 0.3) is 11.1 Å². The number of aliphatic hydroxyl groups is 1. The normalized spacial score (nSPS) is 20.2. The van der Waals surface area contributed by atoms with Crippen LogP contribution in [0.15, 0.2) is 217 Å². The molecule has 57 heavy (non-hydrogen) atoms. The number of allylic oxidation sites excluding steroid dienone is 25. The Morgan fingerprint density at radius 1 is 0.860 bits per heavy atom. The molecule has 0 amide bonds. The van der Waals surface area contributed by atoms with E-state index in [4.69, 9.17) is 0 Å². The third-order valence-electron chi connectivity index (χ3n) is 11.5. The average Bonchev–Trinajstić information content (AvgIpc) is 4.05. The molecule has 0 bridgehead atoms. The molecule has 2 unspecified atom stereocenters. The van der Waals surface area contributed by atoms with Crippen LogP contribution in [0.5, 0.6) is 0 Å². The van der Waals surface area contributed by atoms with Crippen LogP contribution in [0.4, 0.5) is 0 Å². The molecule has 3 aliphatic carbocycles. The topological polar surface area (TPSA) is 23.5 Å². The lowest BCUT2D eigenvalue weighted by atomic mass is 9.57. The molecular formula is C55H59NO. The standard InChI is InChI=1S/C55H59NO/c1-7-9-11-22-39-56-43(5)25-14-12-17-29-47-30-23-32-50(54(47)56)48-37-38-51(41(3)40-48)55(52-33-20-21-34-53(52)57,42(4)24-18-19-26-45-35-36-45)44(6)49(31-10-8-2)46-27-15-13-16-28-46/h7-11,13-20,22,24-29,31-33,37-40,44,57H,1,5,12,21,23,30,34-36H2,2-4,6H3/b10-8-,11-9-,19-18-,25-14-,29-17?,39-22-,42-24+,49-31+. The van der Waals surface area contributed by atoms with Gasteiger partial charge in [0.2, 0.25) is 0 Å². The highest BCUT2D eigenvalue weighted by atomic mass is 16.3. The lowest BCUT2D eigenvalue weighted by Crippen LogP contribution is -2.39. The van der Waals surface area contributed by atoms with Crippen LogP contribution in [-0.4, -0.2) is 10.0 Å². The summed E-state index contributed by atoms with van der Waals surface area (Å²) in [5.41, 5.74) is 13.5. The molecule has 0 radical (unpaired) electrons. The van der Waals surface area contributed by atoms with Crippen molar-refractivity contribution in [1.82, 2.24) is 4.90 Å². The van der Waals surface area contributed by atoms with Gasteiger partial charge in [0, 0.05) is 29.5 Å². The van der Waals surface area contributed by atoms with Gasteiger partial charge in [-0.15, -0.1) is 0 Å². The Balaban J connectivity index is 1.59. The van der Waals surface area contributed by atoms with E-state index in [2.05, 4.69) is 192 Å². The smallest absolute Gasteiger partial charge is 0.0970 e. The first-order valence-electron chi connectivity index (χ1n) is 20.6. The van der Waals surface area contributed by atoms with E-state index in [9.17, 15) is 5.11 Å². The van der Waals surface area contributed by atoms with E-state index < -0.39 is 5.41 Å². The van der Waals surface area contributed by atoms with Crippen LogP contribution < -0.4 is 0 Å². The summed E-state index contributed by atoms with van der Waals surface area (Å²) in [6, 6.07) is 17.8. The minimum atomic E-state index is -0.693. The number of hydrogen-bond acceptors (Lipinski definition) is 2. The van der Waals surface area contributed by atoms with Crippen LogP contribution in [-0.2, 0) is 5.41 Å². The molecule has 0 aromatic heterocycles. The van der Waals surface area contributed by atoms with Gasteiger partial charge >= 0.3 is 0 Å². The van der Waals surface area contributed by atoms with Gasteiger partial charge in [-0.25, -0.2) is 0 Å². The molecule has 0 saturated heterocycles. The summed E-state index contributed by atoms with van der Waals surface area (Å²) in [7, 11) is 0. The Morgan fingerprint density at radius 3 is 2.40 bits per heavy atom. The molecule has 2 nitrogen and oxygen atoms in total. The SMILES string of the molecule is C=C/C=C\C=C/N1C(=C)/C=C\CC=CC2=C1C(c1ccc(C(C3=C(O)CCC=C3)(/C(C)=C/C=C\C=C3CC3)C(C)/C(=C\C=C/C)c3ccccc3)c(C)c1)=CCC2. The fourth-order valence-corrected chi connectivity index (χ4v) is 8.61. The molecule has 1 saturated carbocycles. The summed E-state index contributed by atoms with van der Waals surface area (Å²) in [4.78, 5) is 2.24. The second-order valence-electron chi connectivity index (χ2n) is 15.3. The number of nitrogens with zero attached hydrogens (tertiary/aromatic N) is 1. The fourth-order valence-electron chi connectivity index (χ4n) is 8.61. The van der Waals surface area contributed by atoms with Crippen LogP contribution >= 0.6 is 0 Å². The van der Waals surface area contributed by atoms with Crippen LogP contribution in [0, 0.1) is 12.8 Å². The van der Waals surface area contributed by atoms with Crippen molar-refractivity contribution >= 4 is 11.1 Å². The zero-order chi connectivity index (χ0) is 40.2. The van der Waals surface area contributed by atoms with E-state index >= 15 is 0 Å². The Bertz CT molecular complexity index is 2240. The molecule has 2 aromatic rings. The zero-order valence-electron chi connectivity index (χ0n) is 34.4. The van der Waals surface area contributed by atoms with E-state index in [1.165, 1.54) is 57.4 Å². The third kappa shape index (κ3) is 9.24. The molecular weight excluding hydrogens is 691 g/mol. The number of benzene rings is 2. The molecule has 0 spiro atoms. The summed E-state index contributed by atoms with van der Waals surface area (Å²) >= 11 is 0. The predicted octanol–water partition coefficient (Wildman–Crippen LogP) is 14.9. The largest absolute Gasteiger partial charge is 0.512 e. The number of rotatable bonds is 13. The monoisotopic (exact) mass is 749 g/mol. The van der Waals surface area contributed by atoms with E-state index in [1.54, 1.807) is 6.08 Å². The van der Waals surface area contributed by atoms with Crippen molar-refractivity contribution in [3.05, 3.63) is 239 Å². The highest BCUT2D eigenvalue weighted by Crippen LogP contribution is 2.54. The van der Waals surface area contributed by atoms with E-state index in [-0.39, 0.29) is 5.92 Å². The van der Waals surface area contributed by atoms with Crippen molar-refractivity contribution in [3.63, 3.8) is 0 Å². The molecule has 6 rings (SSSR count). The quantitative estimate of drug-likeness (QED) is 0.206. The van der Waals surface area contributed by atoms with Crippen LogP contribution in [0.1, 0.15) is 88.0 Å². The highest BCUT2D eigenvalue weighted by Gasteiger charge is 2.46. The number of aryl methyl sites for hydroxylation is 1. The molecule has 1 heterocycles. The first kappa shape index (κ1) is 40.8. The molecule has 2 heteroatoms. The first-order valence-corrected chi connectivity index (χ1v) is 20.6. The van der Waals surface area contributed by atoms with E-state index in [0.717, 1.165) is 48.2 Å². The molecule has 1 aliphatic heterocycles. The Labute approximate surface area is 342 Å². The maximum absolute atomic E-state index is 12.0. The van der Waals surface area contributed by atoms with Crippen molar-refractivity contribution in [2.24, 2.45) is 5.92 Å². The predicted molar refractivity (Wildman–Crippen MR) is 246 cm³/mol. The van der Waals surface area contributed by atoms with Crippen molar-refractivity contribution < 1.29 is 5.11 Å². The van der Waals surface area contributed by atoms with Gasteiger partial charge in [0.15, 0.2) is 0 Å². The van der Waals surface area contributed by atoms with Crippen molar-refractivity contribution in [3.8, 4) is 0 Å². The number of aliphatic hydroxyl groups excluding tert-OH is 1. The van der Waals surface area contributed by atoms with Gasteiger partial charge in [-0.3, -0.25) is 0 Å². The molecule has 290 valence electrons. The van der Waals surface area contributed by atoms with E-state index in [0.29, 0.717) is 12.2 Å². The Kier molecular flexibility index (Phi) is 13.8. The minimum absolute atomic E-state index is 0.0611. The summed E-state index contributed by atoms with van der Waals surface area (Å²) in [6.07, 6.45) is 47.6.